The molecule has 0 bridgehead atoms. The lowest BCUT2D eigenvalue weighted by Crippen LogP contribution is -2.31. The van der Waals surface area contributed by atoms with Crippen molar-refractivity contribution in [2.45, 2.75) is 6.54 Å². The molecule has 0 aliphatic rings. The average molecular weight is 302 g/mol. The molecule has 0 aliphatic heterocycles. The smallest absolute Gasteiger partial charge is 0.184 e. The van der Waals surface area contributed by atoms with Gasteiger partial charge in [-0.25, -0.2) is 0 Å². The van der Waals surface area contributed by atoms with Gasteiger partial charge in [0.1, 0.15) is 4.70 Å². The van der Waals surface area contributed by atoms with Gasteiger partial charge in [0.15, 0.2) is 6.54 Å². The Morgan fingerprint density at radius 2 is 1.45 bits per heavy atom. The molecule has 0 aliphatic carbocycles. The first kappa shape index (κ1) is 13.2. The SMILES string of the molecule is c1ccc(C[n+]2csc3c(-c4ccccc4)cccc32)cc1. The second kappa shape index (κ2) is 5.74. The minimum absolute atomic E-state index is 0.916. The van der Waals surface area contributed by atoms with Crippen molar-refractivity contribution >= 4 is 21.6 Å². The number of aromatic nitrogens is 1. The van der Waals surface area contributed by atoms with Crippen LogP contribution in [0.25, 0.3) is 21.3 Å². The molecule has 22 heavy (non-hydrogen) atoms. The Balaban J connectivity index is 1.80. The van der Waals surface area contributed by atoms with E-state index in [4.69, 9.17) is 0 Å². The second-order valence-electron chi connectivity index (χ2n) is 5.36. The van der Waals surface area contributed by atoms with Crippen LogP contribution in [0.5, 0.6) is 0 Å². The Bertz CT molecular complexity index is 895. The first-order valence-corrected chi connectivity index (χ1v) is 8.29. The van der Waals surface area contributed by atoms with Gasteiger partial charge in [-0.3, -0.25) is 0 Å². The van der Waals surface area contributed by atoms with Crippen LogP contribution in [0.15, 0.2) is 84.4 Å². The molecule has 0 unspecified atom stereocenters. The third-order valence-corrected chi connectivity index (χ3v) is 4.91. The molecule has 0 N–H and O–H groups in total. The van der Waals surface area contributed by atoms with E-state index in [9.17, 15) is 0 Å². The number of thiazole rings is 1. The number of fused-ring (bicyclic) bond motifs is 1. The molecule has 0 saturated heterocycles. The molecule has 0 amide bonds. The van der Waals surface area contributed by atoms with Crippen molar-refractivity contribution in [3.63, 3.8) is 0 Å². The van der Waals surface area contributed by atoms with Crippen LogP contribution in [0.3, 0.4) is 0 Å². The maximum absolute atomic E-state index is 2.34. The molecule has 1 nitrogen and oxygen atoms in total. The quantitative estimate of drug-likeness (QED) is 0.474. The lowest BCUT2D eigenvalue weighted by molar-refractivity contribution is -0.658. The molecular weight excluding hydrogens is 286 g/mol. The van der Waals surface area contributed by atoms with Crippen LogP contribution in [0.2, 0.25) is 0 Å². The molecule has 1 aromatic heterocycles. The zero-order chi connectivity index (χ0) is 14.8. The summed E-state index contributed by atoms with van der Waals surface area (Å²) in [5.41, 5.74) is 7.45. The van der Waals surface area contributed by atoms with Crippen molar-refractivity contribution in [2.75, 3.05) is 0 Å². The van der Waals surface area contributed by atoms with E-state index in [0.29, 0.717) is 0 Å². The Hall–Kier alpha value is -2.45. The lowest BCUT2D eigenvalue weighted by atomic mass is 10.1. The predicted molar refractivity (Wildman–Crippen MR) is 93.0 cm³/mol. The predicted octanol–water partition coefficient (Wildman–Crippen LogP) is 4.90. The highest BCUT2D eigenvalue weighted by atomic mass is 32.1. The van der Waals surface area contributed by atoms with Gasteiger partial charge >= 0.3 is 0 Å². The fourth-order valence-electron chi connectivity index (χ4n) is 2.80. The van der Waals surface area contributed by atoms with Crippen LogP contribution in [0, 0.1) is 0 Å². The zero-order valence-electron chi connectivity index (χ0n) is 12.1. The molecule has 1 heterocycles. The summed E-state index contributed by atoms with van der Waals surface area (Å²) < 4.78 is 3.69. The number of nitrogens with zero attached hydrogens (tertiary/aromatic N) is 1. The van der Waals surface area contributed by atoms with E-state index in [1.54, 1.807) is 0 Å². The molecule has 0 saturated carbocycles. The number of rotatable bonds is 3. The largest absolute Gasteiger partial charge is 0.226 e. The van der Waals surface area contributed by atoms with Gasteiger partial charge in [0, 0.05) is 17.2 Å². The summed E-state index contributed by atoms with van der Waals surface area (Å²) in [4.78, 5) is 0. The topological polar surface area (TPSA) is 3.88 Å². The second-order valence-corrected chi connectivity index (χ2v) is 6.21. The van der Waals surface area contributed by atoms with Crippen LogP contribution in [-0.4, -0.2) is 0 Å². The number of benzene rings is 3. The van der Waals surface area contributed by atoms with Crippen LogP contribution >= 0.6 is 11.3 Å². The molecule has 106 valence electrons. The zero-order valence-corrected chi connectivity index (χ0v) is 13.0. The van der Waals surface area contributed by atoms with Gasteiger partial charge in [-0.05, 0) is 5.56 Å². The van der Waals surface area contributed by atoms with E-state index in [1.807, 2.05) is 11.3 Å². The Labute approximate surface area is 134 Å². The monoisotopic (exact) mass is 302 g/mol. The van der Waals surface area contributed by atoms with Gasteiger partial charge in [0.25, 0.3) is 0 Å². The van der Waals surface area contributed by atoms with E-state index < -0.39 is 0 Å². The highest BCUT2D eigenvalue weighted by Crippen LogP contribution is 2.30. The van der Waals surface area contributed by atoms with Crippen molar-refractivity contribution in [3.8, 4) is 11.1 Å². The molecule has 0 fully saturated rings. The van der Waals surface area contributed by atoms with E-state index in [1.165, 1.54) is 26.9 Å². The maximum Gasteiger partial charge on any atom is 0.226 e. The van der Waals surface area contributed by atoms with Gasteiger partial charge in [-0.1, -0.05) is 84.1 Å². The maximum atomic E-state index is 2.34. The number of hydrogen-bond acceptors (Lipinski definition) is 1. The van der Waals surface area contributed by atoms with E-state index in [-0.39, 0.29) is 0 Å². The Morgan fingerprint density at radius 1 is 0.727 bits per heavy atom. The minimum Gasteiger partial charge on any atom is -0.184 e. The molecular formula is C20H16NS+. The third-order valence-electron chi connectivity index (χ3n) is 3.88. The normalized spacial score (nSPS) is 10.9. The fraction of sp³-hybridized carbons (Fsp3) is 0.0500. The highest BCUT2D eigenvalue weighted by molar-refractivity contribution is 7.17. The van der Waals surface area contributed by atoms with Crippen LogP contribution in [0.1, 0.15) is 5.56 Å². The van der Waals surface area contributed by atoms with Crippen molar-refractivity contribution in [1.29, 1.82) is 0 Å². The summed E-state index contributed by atoms with van der Waals surface area (Å²) in [6.45, 7) is 0.916. The van der Waals surface area contributed by atoms with Crippen molar-refractivity contribution in [2.24, 2.45) is 0 Å². The molecule has 3 aromatic carbocycles. The van der Waals surface area contributed by atoms with Gasteiger partial charge in [0.05, 0.1) is 0 Å². The molecule has 0 spiro atoms. The van der Waals surface area contributed by atoms with Gasteiger partial charge < -0.3 is 0 Å². The summed E-state index contributed by atoms with van der Waals surface area (Å²) >= 11 is 1.82. The number of hydrogen-bond donors (Lipinski definition) is 0. The summed E-state index contributed by atoms with van der Waals surface area (Å²) in [6.07, 6.45) is 0. The Morgan fingerprint density at radius 3 is 2.23 bits per heavy atom. The minimum atomic E-state index is 0.916. The van der Waals surface area contributed by atoms with Gasteiger partial charge in [0.2, 0.25) is 11.0 Å². The summed E-state index contributed by atoms with van der Waals surface area (Å²) in [5, 5.41) is 0. The summed E-state index contributed by atoms with van der Waals surface area (Å²) in [6, 6.07) is 27.8. The third kappa shape index (κ3) is 2.42. The van der Waals surface area contributed by atoms with E-state index in [0.717, 1.165) is 6.54 Å². The lowest BCUT2D eigenvalue weighted by Gasteiger charge is -2.01. The average Bonchev–Trinajstić information content (AvgIpc) is 3.00. The van der Waals surface area contributed by atoms with Crippen LogP contribution < -0.4 is 4.57 Å². The van der Waals surface area contributed by atoms with Crippen LogP contribution in [0.4, 0.5) is 0 Å². The van der Waals surface area contributed by atoms with Crippen LogP contribution in [-0.2, 0) is 6.54 Å². The summed E-state index contributed by atoms with van der Waals surface area (Å²) in [5.74, 6) is 0. The molecule has 0 radical (unpaired) electrons. The molecule has 2 heteroatoms. The van der Waals surface area contributed by atoms with E-state index in [2.05, 4.69) is 88.9 Å². The first-order valence-electron chi connectivity index (χ1n) is 7.41. The van der Waals surface area contributed by atoms with Crippen molar-refractivity contribution in [1.82, 2.24) is 0 Å². The molecule has 4 aromatic rings. The Kier molecular flexibility index (Phi) is 3.45. The fourth-order valence-corrected chi connectivity index (χ4v) is 3.84. The standard InChI is InChI=1S/C20H16NS/c1-3-8-16(9-4-1)14-21-15-22-20-18(12-7-13-19(20)21)17-10-5-2-6-11-17/h1-13,15H,14H2/q+1. The highest BCUT2D eigenvalue weighted by Gasteiger charge is 2.15. The van der Waals surface area contributed by atoms with Crippen molar-refractivity contribution in [3.05, 3.63) is 89.9 Å². The van der Waals surface area contributed by atoms with E-state index >= 15 is 0 Å². The molecule has 0 atom stereocenters. The van der Waals surface area contributed by atoms with Gasteiger partial charge in [-0.2, -0.15) is 4.57 Å². The summed E-state index contributed by atoms with van der Waals surface area (Å²) in [7, 11) is 0. The van der Waals surface area contributed by atoms with Gasteiger partial charge in [-0.15, -0.1) is 0 Å². The molecule has 4 rings (SSSR count). The van der Waals surface area contributed by atoms with Crippen molar-refractivity contribution < 1.29 is 4.57 Å². The first-order chi connectivity index (χ1) is 10.9.